The Morgan fingerprint density at radius 2 is 1.18 bits per heavy atom. The van der Waals surface area contributed by atoms with Crippen molar-refractivity contribution in [3.8, 4) is 0 Å². The molecule has 4 rings (SSSR count). The molecule has 172 valence electrons. The molecule has 4 heterocycles. The predicted octanol–water partition coefficient (Wildman–Crippen LogP) is 3.31. The Kier molecular flexibility index (Phi) is 8.19. The van der Waals surface area contributed by atoms with Gasteiger partial charge in [-0.1, -0.05) is 0 Å². The van der Waals surface area contributed by atoms with Gasteiger partial charge in [0.1, 0.15) is 33.7 Å². The van der Waals surface area contributed by atoms with Gasteiger partial charge in [-0.05, 0) is 37.2 Å². The van der Waals surface area contributed by atoms with Crippen molar-refractivity contribution in [1.82, 2.24) is 39.9 Å². The Morgan fingerprint density at radius 3 is 1.67 bits per heavy atom. The minimum atomic E-state index is -0.472. The highest BCUT2D eigenvalue weighted by Crippen LogP contribution is 2.24. The number of nitrogens with one attached hydrogen (secondary N) is 2. The van der Waals surface area contributed by atoms with Crippen LogP contribution in [0.2, 0.25) is 0 Å². The van der Waals surface area contributed by atoms with Crippen LogP contribution in [0.4, 0.5) is 0 Å². The summed E-state index contributed by atoms with van der Waals surface area (Å²) in [4.78, 5) is 54.7. The Hall–Kier alpha value is -3.06. The molecule has 0 aliphatic carbocycles. The van der Waals surface area contributed by atoms with E-state index in [0.29, 0.717) is 24.1 Å². The van der Waals surface area contributed by atoms with Crippen LogP contribution in [0.25, 0.3) is 22.3 Å². The van der Waals surface area contributed by atoms with Crippen molar-refractivity contribution in [2.45, 2.75) is 48.6 Å². The topological polar surface area (TPSA) is 152 Å². The number of imidazole rings is 2. The van der Waals surface area contributed by atoms with E-state index in [1.807, 2.05) is 0 Å². The zero-order valence-corrected chi connectivity index (χ0v) is 19.3. The average molecular weight is 487 g/mol. The first-order valence-electron chi connectivity index (χ1n) is 10.5. The van der Waals surface area contributed by atoms with Gasteiger partial charge in [0.15, 0.2) is 11.3 Å². The van der Waals surface area contributed by atoms with Crippen LogP contribution in [0.5, 0.6) is 0 Å². The van der Waals surface area contributed by atoms with Crippen molar-refractivity contribution in [1.29, 1.82) is 0 Å². The lowest BCUT2D eigenvalue weighted by molar-refractivity contribution is -0.159. The fourth-order valence-corrected chi connectivity index (χ4v) is 4.93. The molecule has 13 heteroatoms. The smallest absolute Gasteiger partial charge is 0.313 e. The number of aromatic nitrogens is 8. The molecular weight excluding hydrogens is 464 g/mol. The SMILES string of the molecule is O=C(CCCCSc1ncnc2nc[nH]c12)OC(=O)CCCCSc1ncnc2nc[nH]c12. The second-order valence-electron chi connectivity index (χ2n) is 7.02. The van der Waals surface area contributed by atoms with Crippen LogP contribution in [0.1, 0.15) is 38.5 Å². The van der Waals surface area contributed by atoms with Crippen LogP contribution >= 0.6 is 23.5 Å². The predicted molar refractivity (Wildman–Crippen MR) is 124 cm³/mol. The molecule has 0 fully saturated rings. The van der Waals surface area contributed by atoms with E-state index in [-0.39, 0.29) is 12.8 Å². The summed E-state index contributed by atoms with van der Waals surface area (Å²) in [6.07, 6.45) is 9.50. The van der Waals surface area contributed by atoms with Gasteiger partial charge >= 0.3 is 11.9 Å². The van der Waals surface area contributed by atoms with E-state index < -0.39 is 11.9 Å². The monoisotopic (exact) mass is 486 g/mol. The molecule has 4 aromatic rings. The van der Waals surface area contributed by atoms with Crippen molar-refractivity contribution >= 4 is 57.8 Å². The maximum Gasteiger partial charge on any atom is 0.313 e. The van der Waals surface area contributed by atoms with E-state index in [2.05, 4.69) is 39.9 Å². The van der Waals surface area contributed by atoms with Gasteiger partial charge in [-0.3, -0.25) is 9.59 Å². The number of unbranched alkanes of at least 4 members (excludes halogenated alkanes) is 2. The van der Waals surface area contributed by atoms with E-state index in [1.54, 1.807) is 36.2 Å². The van der Waals surface area contributed by atoms with Crippen LogP contribution < -0.4 is 0 Å². The van der Waals surface area contributed by atoms with Gasteiger partial charge in [-0.25, -0.2) is 29.9 Å². The number of carbonyl (C=O) groups is 2. The number of hydrogen-bond donors (Lipinski definition) is 2. The largest absolute Gasteiger partial charge is 0.393 e. The van der Waals surface area contributed by atoms with Gasteiger partial charge in [0.05, 0.1) is 12.7 Å². The highest BCUT2D eigenvalue weighted by atomic mass is 32.2. The van der Waals surface area contributed by atoms with Crippen LogP contribution in [0, 0.1) is 0 Å². The quantitative estimate of drug-likeness (QED) is 0.0996. The molecule has 0 radical (unpaired) electrons. The van der Waals surface area contributed by atoms with Gasteiger partial charge in [0.2, 0.25) is 0 Å². The van der Waals surface area contributed by atoms with Gasteiger partial charge in [-0.2, -0.15) is 0 Å². The number of aromatic amines is 2. The lowest BCUT2D eigenvalue weighted by Crippen LogP contribution is -2.12. The van der Waals surface area contributed by atoms with E-state index in [9.17, 15) is 9.59 Å². The van der Waals surface area contributed by atoms with Crippen LogP contribution in [-0.4, -0.2) is 63.3 Å². The molecule has 4 aromatic heterocycles. The maximum absolute atomic E-state index is 11.9. The molecule has 0 aliphatic rings. The summed E-state index contributed by atoms with van der Waals surface area (Å²) in [5, 5.41) is 1.67. The summed E-state index contributed by atoms with van der Waals surface area (Å²) in [5.41, 5.74) is 2.91. The van der Waals surface area contributed by atoms with Crippen molar-refractivity contribution in [3.63, 3.8) is 0 Å². The normalized spacial score (nSPS) is 11.3. The van der Waals surface area contributed by atoms with Crippen molar-refractivity contribution in [2.75, 3.05) is 11.5 Å². The summed E-state index contributed by atoms with van der Waals surface area (Å²) in [7, 11) is 0. The number of carbonyl (C=O) groups excluding carboxylic acids is 2. The first-order valence-corrected chi connectivity index (χ1v) is 12.4. The Balaban J connectivity index is 1.05. The molecule has 0 aromatic carbocycles. The van der Waals surface area contributed by atoms with Gasteiger partial charge < -0.3 is 14.7 Å². The van der Waals surface area contributed by atoms with Crippen molar-refractivity contribution < 1.29 is 14.3 Å². The molecule has 0 aliphatic heterocycles. The van der Waals surface area contributed by atoms with Gasteiger partial charge in [0.25, 0.3) is 0 Å². The molecular formula is C20H22N8O3S2. The van der Waals surface area contributed by atoms with E-state index in [4.69, 9.17) is 4.74 Å². The first kappa shape index (κ1) is 23.1. The molecule has 0 saturated carbocycles. The molecule has 33 heavy (non-hydrogen) atoms. The fourth-order valence-electron chi connectivity index (χ4n) is 3.01. The minimum Gasteiger partial charge on any atom is -0.393 e. The lowest BCUT2D eigenvalue weighted by Gasteiger charge is -2.04. The summed E-state index contributed by atoms with van der Waals surface area (Å²) >= 11 is 3.16. The second-order valence-corrected chi connectivity index (χ2v) is 9.18. The van der Waals surface area contributed by atoms with E-state index in [0.717, 1.165) is 45.4 Å². The Bertz CT molecular complexity index is 1130. The Morgan fingerprint density at radius 1 is 0.697 bits per heavy atom. The molecule has 0 saturated heterocycles. The number of esters is 2. The number of fused-ring (bicyclic) bond motifs is 2. The highest BCUT2D eigenvalue weighted by Gasteiger charge is 2.11. The van der Waals surface area contributed by atoms with Crippen LogP contribution in [0.3, 0.4) is 0 Å². The summed E-state index contributed by atoms with van der Waals surface area (Å²) in [6.45, 7) is 0. The lowest BCUT2D eigenvalue weighted by atomic mass is 10.2. The number of nitrogens with zero attached hydrogens (tertiary/aromatic N) is 6. The van der Waals surface area contributed by atoms with Gasteiger partial charge in [-0.15, -0.1) is 23.5 Å². The molecule has 0 unspecified atom stereocenters. The van der Waals surface area contributed by atoms with Gasteiger partial charge in [0, 0.05) is 12.8 Å². The maximum atomic E-state index is 11.9. The van der Waals surface area contributed by atoms with Crippen LogP contribution in [-0.2, 0) is 14.3 Å². The van der Waals surface area contributed by atoms with E-state index >= 15 is 0 Å². The molecule has 0 atom stereocenters. The number of rotatable bonds is 12. The number of hydrogen-bond acceptors (Lipinski definition) is 11. The first-order chi connectivity index (χ1) is 16.2. The third kappa shape index (κ3) is 6.48. The molecule has 0 amide bonds. The molecule has 0 spiro atoms. The standard InChI is InChI=1S/C20H22N8O3S2/c29-13(5-1-3-7-32-19-15-17(23-9-21-15)25-11-27-19)31-14(30)6-2-4-8-33-20-16-18(24-10-22-16)26-12-28-20/h9-12H,1-8H2,(H,21,23,25,27)(H,22,24,26,28). The third-order valence-corrected chi connectivity index (χ3v) is 6.78. The summed E-state index contributed by atoms with van der Waals surface area (Å²) in [5.74, 6) is 0.641. The van der Waals surface area contributed by atoms with Crippen molar-refractivity contribution in [3.05, 3.63) is 25.3 Å². The Labute approximate surface area is 197 Å². The molecule has 2 N–H and O–H groups in total. The van der Waals surface area contributed by atoms with Crippen LogP contribution in [0.15, 0.2) is 35.4 Å². The summed E-state index contributed by atoms with van der Waals surface area (Å²) < 4.78 is 4.92. The number of ether oxygens (including phenoxy) is 1. The zero-order valence-electron chi connectivity index (χ0n) is 17.7. The molecule has 0 bridgehead atoms. The summed E-state index contributed by atoms with van der Waals surface area (Å²) in [6, 6.07) is 0. The minimum absolute atomic E-state index is 0.222. The third-order valence-electron chi connectivity index (χ3n) is 4.63. The molecule has 11 nitrogen and oxygen atoms in total. The highest BCUT2D eigenvalue weighted by molar-refractivity contribution is 7.99. The number of H-pyrrole nitrogens is 2. The average Bonchev–Trinajstić information content (AvgIpc) is 3.48. The number of thioether (sulfide) groups is 2. The van der Waals surface area contributed by atoms with E-state index in [1.165, 1.54) is 12.7 Å². The zero-order chi connectivity index (χ0) is 22.9. The fraction of sp³-hybridized carbons (Fsp3) is 0.400. The second kappa shape index (κ2) is 11.7. The van der Waals surface area contributed by atoms with Crippen molar-refractivity contribution in [2.24, 2.45) is 0 Å².